The lowest BCUT2D eigenvalue weighted by Crippen LogP contribution is -2.58. The molecule has 2 saturated heterocycles. The van der Waals surface area contributed by atoms with E-state index in [0.717, 1.165) is 25.7 Å². The van der Waals surface area contributed by atoms with E-state index in [1.54, 1.807) is 57.2 Å². The number of halogens is 2. The Morgan fingerprint density at radius 3 is 2.42 bits per heavy atom. The van der Waals surface area contributed by atoms with Gasteiger partial charge in [-0.05, 0) is 81.8 Å². The molecule has 5 atom stereocenters. The second-order valence-electron chi connectivity index (χ2n) is 15.4. The van der Waals surface area contributed by atoms with Gasteiger partial charge in [0.2, 0.25) is 11.8 Å². The number of fused-ring (bicyclic) bond motifs is 3. The Morgan fingerprint density at radius 2 is 1.70 bits per heavy atom. The molecule has 4 aliphatic rings. The van der Waals surface area contributed by atoms with Crippen LogP contribution in [0.1, 0.15) is 89.7 Å². The van der Waals surface area contributed by atoms with Gasteiger partial charge >= 0.3 is 12.2 Å². The van der Waals surface area contributed by atoms with Crippen LogP contribution in [0.3, 0.4) is 0 Å². The van der Waals surface area contributed by atoms with Crippen molar-refractivity contribution >= 4 is 41.5 Å². The largest absolute Gasteiger partial charge is 0.444 e. The highest BCUT2D eigenvalue weighted by atomic mass is 35.5. The molecular formula is C38H47ClFN5O8. The van der Waals surface area contributed by atoms with Crippen molar-refractivity contribution in [2.24, 2.45) is 5.92 Å². The van der Waals surface area contributed by atoms with E-state index in [0.29, 0.717) is 47.6 Å². The number of nitrogens with zero attached hydrogens (tertiary/aromatic N) is 2. The molecule has 1 aliphatic carbocycles. The summed E-state index contributed by atoms with van der Waals surface area (Å²) in [6, 6.07) is 8.95. The number of carbonyl (C=O) groups is 5. The van der Waals surface area contributed by atoms with Gasteiger partial charge in [0.1, 0.15) is 35.1 Å². The molecule has 2 aromatic carbocycles. The van der Waals surface area contributed by atoms with Crippen LogP contribution in [-0.2, 0) is 36.9 Å². The smallest absolute Gasteiger partial charge is 0.410 e. The Morgan fingerprint density at radius 1 is 0.981 bits per heavy atom. The number of benzene rings is 2. The first-order valence-electron chi connectivity index (χ1n) is 18.3. The number of hydroxylamine groups is 1. The van der Waals surface area contributed by atoms with Crippen LogP contribution in [0, 0.1) is 11.7 Å². The van der Waals surface area contributed by atoms with Crippen LogP contribution in [0.5, 0.6) is 5.75 Å². The summed E-state index contributed by atoms with van der Waals surface area (Å²) in [5.74, 6) is -1.88. The quantitative estimate of drug-likeness (QED) is 0.337. The third-order valence-electron chi connectivity index (χ3n) is 10.3. The number of hydrogen-bond acceptors (Lipinski definition) is 8. The van der Waals surface area contributed by atoms with Crippen molar-refractivity contribution in [3.63, 3.8) is 0 Å². The van der Waals surface area contributed by atoms with Crippen LogP contribution in [-0.4, -0.2) is 75.6 Å². The lowest BCUT2D eigenvalue weighted by molar-refractivity contribution is -0.142. The van der Waals surface area contributed by atoms with E-state index in [2.05, 4.69) is 16.1 Å². The Balaban J connectivity index is 1.23. The van der Waals surface area contributed by atoms with Gasteiger partial charge < -0.3 is 29.8 Å². The van der Waals surface area contributed by atoms with Crippen LogP contribution in [0.15, 0.2) is 42.5 Å². The summed E-state index contributed by atoms with van der Waals surface area (Å²) in [7, 11) is 0. The van der Waals surface area contributed by atoms with E-state index >= 15 is 0 Å². The summed E-state index contributed by atoms with van der Waals surface area (Å²) in [6.07, 6.45) is 3.03. The van der Waals surface area contributed by atoms with E-state index in [1.165, 1.54) is 15.9 Å². The monoisotopic (exact) mass is 755 g/mol. The van der Waals surface area contributed by atoms with Crippen LogP contribution in [0.25, 0.3) is 0 Å². The molecule has 2 aromatic rings. The summed E-state index contributed by atoms with van der Waals surface area (Å²) in [4.78, 5) is 76.9. The molecule has 53 heavy (non-hydrogen) atoms. The fraction of sp³-hybridized carbons (Fsp3) is 0.553. The Kier molecular flexibility index (Phi) is 11.4. The van der Waals surface area contributed by atoms with Gasteiger partial charge in [0.25, 0.3) is 5.91 Å². The highest BCUT2D eigenvalue weighted by Crippen LogP contribution is 2.47. The van der Waals surface area contributed by atoms with Gasteiger partial charge in [-0.2, -0.15) is 5.48 Å². The molecule has 0 aromatic heterocycles. The highest BCUT2D eigenvalue weighted by molar-refractivity contribution is 6.30. The standard InChI is InChI=1S/C38H47ClFN5O8/c1-37(2,3)52-35(49)41-30-13-8-6-4-5-7-11-24-19-38(24,34(48)43-53-26-16-14-25(39)15-17-26)42-32(46)31-18-27(21-45(31)33(30)47)51-36(50)44-20-23-10-9-12-29(40)28(23)22-44/h9-10,12,14-17,24,27,30-31H,4-8,11,13,18-22H2,1-3H3,(H,41,49)(H,42,46)(H,43,48)/t24-,27-,30?,31+,38-/m1/s1. The van der Waals surface area contributed by atoms with Crippen LogP contribution in [0.2, 0.25) is 5.02 Å². The van der Waals surface area contributed by atoms with E-state index < -0.39 is 65.1 Å². The molecule has 6 rings (SSSR count). The van der Waals surface area contributed by atoms with Crippen molar-refractivity contribution in [2.45, 2.75) is 121 Å². The molecule has 13 nitrogen and oxygen atoms in total. The van der Waals surface area contributed by atoms with Gasteiger partial charge in [0.05, 0.1) is 13.1 Å². The predicted octanol–water partition coefficient (Wildman–Crippen LogP) is 5.52. The first-order chi connectivity index (χ1) is 25.2. The minimum Gasteiger partial charge on any atom is -0.444 e. The summed E-state index contributed by atoms with van der Waals surface area (Å²) < 4.78 is 25.8. The topological polar surface area (TPSA) is 156 Å². The van der Waals surface area contributed by atoms with E-state index in [4.69, 9.17) is 25.9 Å². The third kappa shape index (κ3) is 9.14. The molecule has 1 saturated carbocycles. The number of ether oxygens (including phenoxy) is 2. The zero-order chi connectivity index (χ0) is 37.9. The number of rotatable bonds is 5. The second-order valence-corrected chi connectivity index (χ2v) is 15.8. The zero-order valence-electron chi connectivity index (χ0n) is 30.3. The molecule has 3 aliphatic heterocycles. The number of alkyl carbamates (subject to hydrolysis) is 1. The minimum absolute atomic E-state index is 0.0269. The Hall–Kier alpha value is -4.59. The molecule has 15 heteroatoms. The van der Waals surface area contributed by atoms with Gasteiger partial charge in [-0.3, -0.25) is 19.3 Å². The molecule has 0 spiro atoms. The zero-order valence-corrected chi connectivity index (χ0v) is 31.0. The number of amides is 5. The van der Waals surface area contributed by atoms with Crippen LogP contribution in [0.4, 0.5) is 14.0 Å². The fourth-order valence-electron chi connectivity index (χ4n) is 7.45. The lowest BCUT2D eigenvalue weighted by atomic mass is 10.0. The predicted molar refractivity (Wildman–Crippen MR) is 191 cm³/mol. The van der Waals surface area contributed by atoms with Crippen molar-refractivity contribution in [3.8, 4) is 5.75 Å². The average Bonchev–Trinajstić information content (AvgIpc) is 3.39. The maximum Gasteiger partial charge on any atom is 0.410 e. The summed E-state index contributed by atoms with van der Waals surface area (Å²) in [6.45, 7) is 5.20. The van der Waals surface area contributed by atoms with E-state index in [-0.39, 0.29) is 32.0 Å². The van der Waals surface area contributed by atoms with Gasteiger partial charge in [-0.25, -0.2) is 14.0 Å². The molecule has 0 radical (unpaired) electrons. The molecule has 1 unspecified atom stereocenters. The molecule has 3 N–H and O–H groups in total. The van der Waals surface area contributed by atoms with E-state index in [9.17, 15) is 28.4 Å². The minimum atomic E-state index is -1.28. The van der Waals surface area contributed by atoms with Crippen LogP contribution < -0.4 is 21.0 Å². The summed E-state index contributed by atoms with van der Waals surface area (Å²) in [5, 5.41) is 6.17. The van der Waals surface area contributed by atoms with Crippen molar-refractivity contribution in [1.82, 2.24) is 25.9 Å². The van der Waals surface area contributed by atoms with Crippen molar-refractivity contribution in [3.05, 3.63) is 64.4 Å². The van der Waals surface area contributed by atoms with Crippen molar-refractivity contribution in [1.29, 1.82) is 0 Å². The van der Waals surface area contributed by atoms with Crippen LogP contribution >= 0.6 is 11.6 Å². The van der Waals surface area contributed by atoms with E-state index in [1.807, 2.05) is 0 Å². The highest BCUT2D eigenvalue weighted by Gasteiger charge is 2.62. The Bertz CT molecular complexity index is 1720. The van der Waals surface area contributed by atoms with Gasteiger partial charge in [0, 0.05) is 23.6 Å². The van der Waals surface area contributed by atoms with Gasteiger partial charge in [-0.1, -0.05) is 55.8 Å². The maximum absolute atomic E-state index is 14.4. The maximum atomic E-state index is 14.4. The molecule has 3 heterocycles. The third-order valence-corrected chi connectivity index (χ3v) is 10.5. The molecule has 3 fully saturated rings. The van der Waals surface area contributed by atoms with Crippen molar-refractivity contribution in [2.75, 3.05) is 6.54 Å². The Labute approximate surface area is 313 Å². The second kappa shape index (κ2) is 15.8. The number of hydrogen-bond donors (Lipinski definition) is 3. The summed E-state index contributed by atoms with van der Waals surface area (Å²) in [5.41, 5.74) is 1.48. The van der Waals surface area contributed by atoms with Gasteiger partial charge in [0.15, 0.2) is 5.75 Å². The average molecular weight is 756 g/mol. The molecular weight excluding hydrogens is 709 g/mol. The SMILES string of the molecule is CC(C)(C)OC(=O)NC1CCCCCCC[C@@H]2C[C@@]2(C(=O)NOc2ccc(Cl)cc2)NC(=O)[C@@H]2C[C@@H](OC(=O)N3Cc4cccc(F)c4C3)CN2C1=O. The van der Waals surface area contributed by atoms with Crippen molar-refractivity contribution < 1.29 is 42.7 Å². The normalized spacial score (nSPS) is 26.1. The molecule has 5 amide bonds. The summed E-state index contributed by atoms with van der Waals surface area (Å²) >= 11 is 5.98. The molecule has 286 valence electrons. The lowest BCUT2D eigenvalue weighted by Gasteiger charge is -2.30. The first kappa shape index (κ1) is 38.1. The molecule has 0 bridgehead atoms. The number of carbonyl (C=O) groups excluding carboxylic acids is 5. The number of nitrogens with one attached hydrogen (secondary N) is 3. The fourth-order valence-corrected chi connectivity index (χ4v) is 7.57. The first-order valence-corrected chi connectivity index (χ1v) is 18.7. The van der Waals surface area contributed by atoms with Gasteiger partial charge in [-0.15, -0.1) is 0 Å².